The highest BCUT2D eigenvalue weighted by molar-refractivity contribution is 5.67. The van der Waals surface area contributed by atoms with E-state index in [0.717, 1.165) is 18.5 Å². The van der Waals surface area contributed by atoms with Gasteiger partial charge in [0, 0.05) is 31.6 Å². The molecular formula is C18H16FN5O. The third kappa shape index (κ3) is 4.54. The molecule has 3 rings (SSSR count). The molecule has 0 aliphatic carbocycles. The second kappa shape index (κ2) is 7.93. The van der Waals surface area contributed by atoms with Crippen LogP contribution in [0.25, 0.3) is 12.2 Å². The first-order valence-electron chi connectivity index (χ1n) is 7.79. The molecule has 6 nitrogen and oxygen atoms in total. The Labute approximate surface area is 144 Å². The highest BCUT2D eigenvalue weighted by Gasteiger charge is 2.10. The quantitative estimate of drug-likeness (QED) is 0.667. The third-order valence-electron chi connectivity index (χ3n) is 3.48. The lowest BCUT2D eigenvalue weighted by atomic mass is 10.2. The topological polar surface area (TPSA) is 79.7 Å². The number of halogens is 1. The zero-order valence-electron chi connectivity index (χ0n) is 13.4. The zero-order chi connectivity index (χ0) is 17.5. The average molecular weight is 337 g/mol. The molecule has 3 aromatic rings. The van der Waals surface area contributed by atoms with Crippen molar-refractivity contribution < 1.29 is 8.81 Å². The number of nitrogens with zero attached hydrogens (tertiary/aromatic N) is 4. The Bertz CT molecular complexity index is 875. The van der Waals surface area contributed by atoms with Gasteiger partial charge in [-0.2, -0.15) is 10.2 Å². The van der Waals surface area contributed by atoms with E-state index in [2.05, 4.69) is 15.3 Å². The summed E-state index contributed by atoms with van der Waals surface area (Å²) in [5.41, 5.74) is 1.02. The van der Waals surface area contributed by atoms with E-state index in [0.29, 0.717) is 18.3 Å². The Kier molecular flexibility index (Phi) is 5.22. The van der Waals surface area contributed by atoms with Crippen molar-refractivity contribution in [2.75, 3.05) is 11.9 Å². The van der Waals surface area contributed by atoms with E-state index in [1.54, 1.807) is 36.8 Å². The standard InChI is InChI=1S/C18H16FN5O/c19-15-5-2-14(3-6-15)4-7-17-23-16(12-20)18(25-17)22-8-1-10-24-11-9-21-13-24/h2-7,9,11,13,22H,1,8,10H2. The number of nitriles is 1. The number of aryl methyl sites for hydroxylation is 1. The van der Waals surface area contributed by atoms with Crippen LogP contribution in [0.4, 0.5) is 10.3 Å². The van der Waals surface area contributed by atoms with Crippen LogP contribution in [0.15, 0.2) is 47.4 Å². The van der Waals surface area contributed by atoms with Gasteiger partial charge in [0.2, 0.25) is 17.5 Å². The molecule has 0 unspecified atom stereocenters. The Morgan fingerprint density at radius 2 is 2.12 bits per heavy atom. The van der Waals surface area contributed by atoms with Gasteiger partial charge in [-0.15, -0.1) is 0 Å². The van der Waals surface area contributed by atoms with Crippen molar-refractivity contribution in [2.45, 2.75) is 13.0 Å². The van der Waals surface area contributed by atoms with Gasteiger partial charge in [0.05, 0.1) is 6.33 Å². The molecule has 0 bridgehead atoms. The number of anilines is 1. The maximum absolute atomic E-state index is 12.9. The molecule has 0 aliphatic rings. The Morgan fingerprint density at radius 3 is 2.84 bits per heavy atom. The molecule has 0 spiro atoms. The first-order chi connectivity index (χ1) is 12.2. The van der Waals surface area contributed by atoms with Crippen LogP contribution in [0.2, 0.25) is 0 Å². The van der Waals surface area contributed by atoms with Crippen molar-refractivity contribution in [1.29, 1.82) is 5.26 Å². The molecule has 0 amide bonds. The van der Waals surface area contributed by atoms with Gasteiger partial charge in [-0.25, -0.2) is 9.37 Å². The van der Waals surface area contributed by atoms with Crippen LogP contribution in [0.1, 0.15) is 23.6 Å². The Hall–Kier alpha value is -3.40. The number of imidazole rings is 1. The minimum atomic E-state index is -0.290. The molecule has 126 valence electrons. The van der Waals surface area contributed by atoms with E-state index in [9.17, 15) is 4.39 Å². The fourth-order valence-electron chi connectivity index (χ4n) is 2.23. The number of hydrogen-bond donors (Lipinski definition) is 1. The third-order valence-corrected chi connectivity index (χ3v) is 3.48. The van der Waals surface area contributed by atoms with E-state index >= 15 is 0 Å². The molecule has 0 radical (unpaired) electrons. The molecule has 7 heteroatoms. The first-order valence-corrected chi connectivity index (χ1v) is 7.79. The van der Waals surface area contributed by atoms with Crippen LogP contribution >= 0.6 is 0 Å². The molecule has 0 saturated carbocycles. The van der Waals surface area contributed by atoms with Crippen molar-refractivity contribution in [2.24, 2.45) is 0 Å². The molecule has 2 heterocycles. The van der Waals surface area contributed by atoms with Gasteiger partial charge < -0.3 is 14.3 Å². The van der Waals surface area contributed by atoms with Gasteiger partial charge in [-0.3, -0.25) is 0 Å². The lowest BCUT2D eigenvalue weighted by molar-refractivity contribution is 0.553. The van der Waals surface area contributed by atoms with Crippen molar-refractivity contribution in [3.05, 3.63) is 66.0 Å². The summed E-state index contributed by atoms with van der Waals surface area (Å²) in [6.07, 6.45) is 9.63. The highest BCUT2D eigenvalue weighted by atomic mass is 19.1. The molecule has 1 aromatic carbocycles. The fraction of sp³-hybridized carbons (Fsp3) is 0.167. The van der Waals surface area contributed by atoms with Gasteiger partial charge in [0.1, 0.15) is 11.9 Å². The predicted octanol–water partition coefficient (Wildman–Crippen LogP) is 3.55. The second-order valence-electron chi connectivity index (χ2n) is 5.31. The van der Waals surface area contributed by atoms with Crippen molar-refractivity contribution in [3.8, 4) is 6.07 Å². The average Bonchev–Trinajstić information content (AvgIpc) is 3.28. The molecule has 2 aromatic heterocycles. The maximum Gasteiger partial charge on any atom is 0.232 e. The van der Waals surface area contributed by atoms with E-state index in [4.69, 9.17) is 9.68 Å². The molecule has 0 saturated heterocycles. The minimum absolute atomic E-state index is 0.210. The SMILES string of the molecule is N#Cc1nc(C=Cc2ccc(F)cc2)oc1NCCCn1ccnc1. The van der Waals surface area contributed by atoms with Crippen LogP contribution in [0.3, 0.4) is 0 Å². The summed E-state index contributed by atoms with van der Waals surface area (Å²) in [4.78, 5) is 8.11. The van der Waals surface area contributed by atoms with Crippen molar-refractivity contribution in [1.82, 2.24) is 14.5 Å². The molecule has 0 aliphatic heterocycles. The summed E-state index contributed by atoms with van der Waals surface area (Å²) < 4.78 is 20.4. The van der Waals surface area contributed by atoms with Gasteiger partial charge in [0.25, 0.3) is 0 Å². The zero-order valence-corrected chi connectivity index (χ0v) is 13.4. The summed E-state index contributed by atoms with van der Waals surface area (Å²) in [5, 5.41) is 12.2. The highest BCUT2D eigenvalue weighted by Crippen LogP contribution is 2.18. The number of rotatable bonds is 7. The number of benzene rings is 1. The smallest absolute Gasteiger partial charge is 0.232 e. The van der Waals surface area contributed by atoms with Gasteiger partial charge in [-0.05, 0) is 30.2 Å². The van der Waals surface area contributed by atoms with Crippen molar-refractivity contribution in [3.63, 3.8) is 0 Å². The molecule has 25 heavy (non-hydrogen) atoms. The van der Waals surface area contributed by atoms with Crippen LogP contribution in [0.5, 0.6) is 0 Å². The first kappa shape index (κ1) is 16.5. The molecule has 0 atom stereocenters. The van der Waals surface area contributed by atoms with Gasteiger partial charge >= 0.3 is 0 Å². The van der Waals surface area contributed by atoms with Gasteiger partial charge in [-0.1, -0.05) is 12.1 Å². The van der Waals surface area contributed by atoms with Crippen molar-refractivity contribution >= 4 is 18.0 Å². The summed E-state index contributed by atoms with van der Waals surface area (Å²) in [7, 11) is 0. The van der Waals surface area contributed by atoms with E-state index in [1.165, 1.54) is 12.1 Å². The van der Waals surface area contributed by atoms with Crippen LogP contribution in [0, 0.1) is 17.1 Å². The number of aromatic nitrogens is 3. The van der Waals surface area contributed by atoms with Crippen LogP contribution in [-0.4, -0.2) is 21.1 Å². The maximum atomic E-state index is 12.9. The second-order valence-corrected chi connectivity index (χ2v) is 5.31. The predicted molar refractivity (Wildman–Crippen MR) is 91.9 cm³/mol. The monoisotopic (exact) mass is 337 g/mol. The summed E-state index contributed by atoms with van der Waals surface area (Å²) in [5.74, 6) is 0.382. The fourth-order valence-corrected chi connectivity index (χ4v) is 2.23. The number of hydrogen-bond acceptors (Lipinski definition) is 5. The van der Waals surface area contributed by atoms with Crippen LogP contribution < -0.4 is 5.32 Å². The number of oxazole rings is 1. The molecule has 1 N–H and O–H groups in total. The Balaban J connectivity index is 1.59. The van der Waals surface area contributed by atoms with E-state index in [1.807, 2.05) is 16.8 Å². The summed E-state index contributed by atoms with van der Waals surface area (Å²) in [6.45, 7) is 1.46. The van der Waals surface area contributed by atoms with E-state index < -0.39 is 0 Å². The molecular weight excluding hydrogens is 321 g/mol. The summed E-state index contributed by atoms with van der Waals surface area (Å²) >= 11 is 0. The van der Waals surface area contributed by atoms with Gasteiger partial charge in [0.15, 0.2) is 0 Å². The Morgan fingerprint density at radius 1 is 1.28 bits per heavy atom. The van der Waals surface area contributed by atoms with E-state index in [-0.39, 0.29) is 11.5 Å². The summed E-state index contributed by atoms with van der Waals surface area (Å²) in [6, 6.07) is 8.06. The number of nitrogens with one attached hydrogen (secondary N) is 1. The lowest BCUT2D eigenvalue weighted by Gasteiger charge is -2.03. The lowest BCUT2D eigenvalue weighted by Crippen LogP contribution is -2.06. The van der Waals surface area contributed by atoms with Crippen LogP contribution in [-0.2, 0) is 6.54 Å². The normalized spacial score (nSPS) is 10.9. The largest absolute Gasteiger partial charge is 0.420 e. The molecule has 0 fully saturated rings. The minimum Gasteiger partial charge on any atom is -0.420 e.